The number of ether oxygens (including phenoxy) is 1. The number of unbranched alkanes of at least 4 members (excludes halogenated alkanes) is 1. The molecule has 0 aliphatic rings. The molecule has 0 aromatic rings. The minimum atomic E-state index is -0.166. The Morgan fingerprint density at radius 1 is 1.50 bits per heavy atom. The number of hydrogen-bond donors (Lipinski definition) is 1. The minimum absolute atomic E-state index is 0.122. The highest BCUT2D eigenvalue weighted by Gasteiger charge is 2.30. The Balaban J connectivity index is 4.28. The molecule has 0 heterocycles. The van der Waals surface area contributed by atoms with Gasteiger partial charge in [0.2, 0.25) is 0 Å². The van der Waals surface area contributed by atoms with Crippen molar-refractivity contribution in [3.05, 3.63) is 0 Å². The first-order chi connectivity index (χ1) is 6.64. The SMILES string of the molecule is CCCCC(CC)(CC(=O)OC)SN. The average Bonchev–Trinajstić information content (AvgIpc) is 2.24. The van der Waals surface area contributed by atoms with Crippen LogP contribution in [0.1, 0.15) is 46.0 Å². The van der Waals surface area contributed by atoms with Crippen LogP contribution in [0.25, 0.3) is 0 Å². The van der Waals surface area contributed by atoms with E-state index in [-0.39, 0.29) is 10.7 Å². The van der Waals surface area contributed by atoms with E-state index in [1.807, 2.05) is 0 Å². The first-order valence-corrected chi connectivity index (χ1v) is 5.96. The zero-order valence-electron chi connectivity index (χ0n) is 9.34. The highest BCUT2D eigenvalue weighted by atomic mass is 32.2. The number of hydrogen-bond acceptors (Lipinski definition) is 4. The summed E-state index contributed by atoms with van der Waals surface area (Å²) in [6, 6.07) is 0. The van der Waals surface area contributed by atoms with Gasteiger partial charge in [-0.3, -0.25) is 9.93 Å². The molecule has 0 aromatic carbocycles. The van der Waals surface area contributed by atoms with Gasteiger partial charge < -0.3 is 4.74 Å². The molecule has 0 bridgehead atoms. The second-order valence-corrected chi connectivity index (χ2v) is 4.61. The van der Waals surface area contributed by atoms with E-state index in [0.717, 1.165) is 25.7 Å². The molecule has 0 radical (unpaired) electrons. The fraction of sp³-hybridized carbons (Fsp3) is 0.900. The number of rotatable bonds is 7. The molecule has 0 fully saturated rings. The third-order valence-corrected chi connectivity index (χ3v) is 3.71. The van der Waals surface area contributed by atoms with Crippen molar-refractivity contribution in [3.8, 4) is 0 Å². The van der Waals surface area contributed by atoms with Crippen LogP contribution in [0.2, 0.25) is 0 Å². The molecule has 0 aromatic heterocycles. The molecule has 0 saturated carbocycles. The topological polar surface area (TPSA) is 52.3 Å². The van der Waals surface area contributed by atoms with Gasteiger partial charge in [-0.2, -0.15) is 0 Å². The standard InChI is InChI=1S/C10H21NO2S/c1-4-6-7-10(5-2,14-11)8-9(12)13-3/h4-8,11H2,1-3H3. The molecule has 0 rings (SSSR count). The van der Waals surface area contributed by atoms with Crippen molar-refractivity contribution in [3.63, 3.8) is 0 Å². The van der Waals surface area contributed by atoms with Crippen LogP contribution in [0, 0.1) is 0 Å². The maximum Gasteiger partial charge on any atom is 0.306 e. The predicted octanol–water partition coefficient (Wildman–Crippen LogP) is 2.50. The summed E-state index contributed by atoms with van der Waals surface area (Å²) in [6.07, 6.45) is 4.54. The molecule has 84 valence electrons. The number of methoxy groups -OCH3 is 1. The van der Waals surface area contributed by atoms with Gasteiger partial charge in [0.15, 0.2) is 0 Å². The zero-order valence-corrected chi connectivity index (χ0v) is 10.2. The molecule has 1 unspecified atom stereocenters. The van der Waals surface area contributed by atoms with Crippen LogP contribution in [0.3, 0.4) is 0 Å². The molecule has 2 N–H and O–H groups in total. The molecule has 0 aliphatic carbocycles. The summed E-state index contributed by atoms with van der Waals surface area (Å²) in [5, 5.41) is 5.67. The van der Waals surface area contributed by atoms with E-state index in [9.17, 15) is 4.79 Å². The van der Waals surface area contributed by atoms with Crippen molar-refractivity contribution in [1.29, 1.82) is 0 Å². The molecule has 14 heavy (non-hydrogen) atoms. The minimum Gasteiger partial charge on any atom is -0.469 e. The summed E-state index contributed by atoms with van der Waals surface area (Å²) in [5.41, 5.74) is 0. The monoisotopic (exact) mass is 219 g/mol. The molecule has 0 aliphatic heterocycles. The third-order valence-electron chi connectivity index (χ3n) is 2.57. The summed E-state index contributed by atoms with van der Waals surface area (Å²) >= 11 is 1.30. The van der Waals surface area contributed by atoms with Gasteiger partial charge in [-0.25, -0.2) is 0 Å². The van der Waals surface area contributed by atoms with E-state index in [0.29, 0.717) is 6.42 Å². The van der Waals surface area contributed by atoms with Crippen molar-refractivity contribution in [2.24, 2.45) is 5.14 Å². The number of carbonyl (C=O) groups is 1. The number of carbonyl (C=O) groups excluding carboxylic acids is 1. The Labute approximate surface area is 90.9 Å². The maximum absolute atomic E-state index is 11.2. The van der Waals surface area contributed by atoms with Gasteiger partial charge in [-0.1, -0.05) is 38.6 Å². The molecular weight excluding hydrogens is 198 g/mol. The summed E-state index contributed by atoms with van der Waals surface area (Å²) in [7, 11) is 1.42. The Kier molecular flexibility index (Phi) is 7.01. The van der Waals surface area contributed by atoms with Crippen LogP contribution >= 0.6 is 11.9 Å². The number of esters is 1. The second kappa shape index (κ2) is 7.12. The first kappa shape index (κ1) is 13.8. The molecule has 4 heteroatoms. The smallest absolute Gasteiger partial charge is 0.306 e. The Hall–Kier alpha value is -0.220. The molecule has 0 spiro atoms. The molecular formula is C10H21NO2S. The Morgan fingerprint density at radius 3 is 2.50 bits per heavy atom. The van der Waals surface area contributed by atoms with Crippen LogP contribution in [0.4, 0.5) is 0 Å². The van der Waals surface area contributed by atoms with Gasteiger partial charge in [0.05, 0.1) is 13.5 Å². The summed E-state index contributed by atoms with van der Waals surface area (Å²) in [6.45, 7) is 4.21. The lowest BCUT2D eigenvalue weighted by molar-refractivity contribution is -0.141. The zero-order chi connectivity index (χ0) is 11.0. The van der Waals surface area contributed by atoms with Crippen molar-refractivity contribution in [2.45, 2.75) is 50.7 Å². The largest absolute Gasteiger partial charge is 0.469 e. The predicted molar refractivity (Wildman–Crippen MR) is 61.0 cm³/mol. The van der Waals surface area contributed by atoms with E-state index in [1.165, 1.54) is 19.1 Å². The summed E-state index contributed by atoms with van der Waals surface area (Å²) in [5.74, 6) is -0.166. The Morgan fingerprint density at radius 2 is 2.14 bits per heavy atom. The van der Waals surface area contributed by atoms with Gasteiger partial charge in [0.1, 0.15) is 0 Å². The van der Waals surface area contributed by atoms with Crippen LogP contribution in [-0.2, 0) is 9.53 Å². The van der Waals surface area contributed by atoms with Crippen LogP contribution < -0.4 is 5.14 Å². The van der Waals surface area contributed by atoms with E-state index in [4.69, 9.17) is 5.14 Å². The highest BCUT2D eigenvalue weighted by Crippen LogP contribution is 2.34. The maximum atomic E-state index is 11.2. The second-order valence-electron chi connectivity index (χ2n) is 3.51. The van der Waals surface area contributed by atoms with Gasteiger partial charge in [-0.05, 0) is 12.8 Å². The quantitative estimate of drug-likeness (QED) is 0.528. The van der Waals surface area contributed by atoms with Gasteiger partial charge in [-0.15, -0.1) is 0 Å². The first-order valence-electron chi connectivity index (χ1n) is 5.08. The third kappa shape index (κ3) is 4.33. The van der Waals surface area contributed by atoms with E-state index >= 15 is 0 Å². The fourth-order valence-electron chi connectivity index (χ4n) is 1.41. The van der Waals surface area contributed by atoms with Crippen molar-refractivity contribution in [2.75, 3.05) is 7.11 Å². The highest BCUT2D eigenvalue weighted by molar-refractivity contribution is 7.98. The lowest BCUT2D eigenvalue weighted by Gasteiger charge is -2.28. The molecule has 0 amide bonds. The average molecular weight is 219 g/mol. The van der Waals surface area contributed by atoms with Crippen LogP contribution in [-0.4, -0.2) is 17.8 Å². The fourth-order valence-corrected chi connectivity index (χ4v) is 2.04. The van der Waals surface area contributed by atoms with E-state index in [2.05, 4.69) is 18.6 Å². The Bertz CT molecular complexity index is 170. The normalized spacial score (nSPS) is 14.9. The van der Waals surface area contributed by atoms with Gasteiger partial charge >= 0.3 is 5.97 Å². The van der Waals surface area contributed by atoms with Crippen molar-refractivity contribution < 1.29 is 9.53 Å². The van der Waals surface area contributed by atoms with E-state index < -0.39 is 0 Å². The molecule has 1 atom stereocenters. The lowest BCUT2D eigenvalue weighted by Crippen LogP contribution is -2.30. The summed E-state index contributed by atoms with van der Waals surface area (Å²) < 4.78 is 4.56. The summed E-state index contributed by atoms with van der Waals surface area (Å²) in [4.78, 5) is 11.2. The van der Waals surface area contributed by atoms with Gasteiger partial charge in [0.25, 0.3) is 0 Å². The van der Waals surface area contributed by atoms with Crippen molar-refractivity contribution >= 4 is 17.9 Å². The number of nitrogens with two attached hydrogens (primary N) is 1. The van der Waals surface area contributed by atoms with Crippen LogP contribution in [0.5, 0.6) is 0 Å². The van der Waals surface area contributed by atoms with Gasteiger partial charge in [0, 0.05) is 4.75 Å². The van der Waals surface area contributed by atoms with Crippen LogP contribution in [0.15, 0.2) is 0 Å². The van der Waals surface area contributed by atoms with E-state index in [1.54, 1.807) is 0 Å². The molecule has 0 saturated heterocycles. The lowest BCUT2D eigenvalue weighted by atomic mass is 9.94. The van der Waals surface area contributed by atoms with Crippen molar-refractivity contribution in [1.82, 2.24) is 0 Å². The molecule has 3 nitrogen and oxygen atoms in total.